The molecule has 3 rings (SSSR count). The smallest absolute Gasteiger partial charge is 0.138 e. The second-order valence-electron chi connectivity index (χ2n) is 4.60. The molecule has 17 heavy (non-hydrogen) atoms. The van der Waals surface area contributed by atoms with Crippen LogP contribution in [0.2, 0.25) is 0 Å². The molecule has 2 N–H and O–H groups in total. The molecular formula is C13H18N4. The lowest BCUT2D eigenvalue weighted by atomic mass is 10.3. The third kappa shape index (κ3) is 1.89. The first-order chi connectivity index (χ1) is 8.38. The molecule has 2 aromatic heterocycles. The van der Waals surface area contributed by atoms with E-state index in [2.05, 4.69) is 32.6 Å². The van der Waals surface area contributed by atoms with Crippen molar-refractivity contribution in [3.63, 3.8) is 0 Å². The number of imidazole rings is 1. The summed E-state index contributed by atoms with van der Waals surface area (Å²) in [6.45, 7) is 3.01. The molecular weight excluding hydrogens is 212 g/mol. The van der Waals surface area contributed by atoms with E-state index in [1.807, 2.05) is 6.20 Å². The molecule has 0 saturated carbocycles. The molecule has 90 valence electrons. The van der Waals surface area contributed by atoms with Gasteiger partial charge in [0.2, 0.25) is 0 Å². The molecule has 2 aromatic rings. The number of fused-ring (bicyclic) bond motifs is 1. The largest absolute Gasteiger partial charge is 0.371 e. The number of anilines is 1. The molecule has 0 spiro atoms. The standard InChI is InChI=1S/C13H18N4/c14-5-3-12-10-15-13-9-11(4-8-17(12)13)16-6-1-2-7-16/h4,8-10H,1-3,5-7,14H2. The van der Waals surface area contributed by atoms with Gasteiger partial charge < -0.3 is 15.0 Å². The van der Waals surface area contributed by atoms with Crippen molar-refractivity contribution in [1.29, 1.82) is 0 Å². The highest BCUT2D eigenvalue weighted by molar-refractivity contribution is 5.57. The van der Waals surface area contributed by atoms with Crippen LogP contribution >= 0.6 is 0 Å². The maximum absolute atomic E-state index is 5.59. The molecule has 3 heterocycles. The maximum atomic E-state index is 5.59. The van der Waals surface area contributed by atoms with Crippen molar-refractivity contribution in [3.8, 4) is 0 Å². The minimum Gasteiger partial charge on any atom is -0.371 e. The van der Waals surface area contributed by atoms with Gasteiger partial charge in [-0.15, -0.1) is 0 Å². The van der Waals surface area contributed by atoms with E-state index in [4.69, 9.17) is 5.73 Å². The Kier molecular flexibility index (Phi) is 2.73. The topological polar surface area (TPSA) is 46.6 Å². The third-order valence-corrected chi connectivity index (χ3v) is 3.45. The molecule has 0 aliphatic carbocycles. The van der Waals surface area contributed by atoms with Gasteiger partial charge in [0.15, 0.2) is 0 Å². The highest BCUT2D eigenvalue weighted by Gasteiger charge is 2.13. The molecule has 0 amide bonds. The molecule has 0 unspecified atom stereocenters. The lowest BCUT2D eigenvalue weighted by molar-refractivity contribution is 0.902. The predicted molar refractivity (Wildman–Crippen MR) is 69.4 cm³/mol. The number of pyridine rings is 1. The summed E-state index contributed by atoms with van der Waals surface area (Å²) in [7, 11) is 0. The Morgan fingerprint density at radius 3 is 2.88 bits per heavy atom. The van der Waals surface area contributed by atoms with Gasteiger partial charge in [-0.2, -0.15) is 0 Å². The fourth-order valence-corrected chi connectivity index (χ4v) is 2.53. The Morgan fingerprint density at radius 1 is 1.29 bits per heavy atom. The number of nitrogens with two attached hydrogens (primary N) is 1. The number of rotatable bonds is 3. The summed E-state index contributed by atoms with van der Waals surface area (Å²) in [5.74, 6) is 0. The van der Waals surface area contributed by atoms with E-state index in [9.17, 15) is 0 Å². The van der Waals surface area contributed by atoms with Gasteiger partial charge in [-0.25, -0.2) is 4.98 Å². The van der Waals surface area contributed by atoms with Crippen LogP contribution in [0.3, 0.4) is 0 Å². The summed E-state index contributed by atoms with van der Waals surface area (Å²) in [6, 6.07) is 4.35. The van der Waals surface area contributed by atoms with Gasteiger partial charge in [0.25, 0.3) is 0 Å². The van der Waals surface area contributed by atoms with Crippen LogP contribution in [-0.2, 0) is 6.42 Å². The fourth-order valence-electron chi connectivity index (χ4n) is 2.53. The molecule has 1 saturated heterocycles. The van der Waals surface area contributed by atoms with Gasteiger partial charge in [-0.3, -0.25) is 0 Å². The first-order valence-corrected chi connectivity index (χ1v) is 6.29. The number of nitrogens with zero attached hydrogens (tertiary/aromatic N) is 3. The van der Waals surface area contributed by atoms with Crippen LogP contribution in [-0.4, -0.2) is 29.0 Å². The highest BCUT2D eigenvalue weighted by atomic mass is 15.1. The lowest BCUT2D eigenvalue weighted by Crippen LogP contribution is -2.17. The van der Waals surface area contributed by atoms with Crippen molar-refractivity contribution in [2.75, 3.05) is 24.5 Å². The Hall–Kier alpha value is -1.55. The predicted octanol–water partition coefficient (Wildman–Crippen LogP) is 1.44. The summed E-state index contributed by atoms with van der Waals surface area (Å²) in [5, 5.41) is 0. The zero-order valence-electron chi connectivity index (χ0n) is 9.97. The van der Waals surface area contributed by atoms with E-state index in [-0.39, 0.29) is 0 Å². The van der Waals surface area contributed by atoms with Crippen molar-refractivity contribution in [1.82, 2.24) is 9.38 Å². The van der Waals surface area contributed by atoms with Crippen molar-refractivity contribution in [3.05, 3.63) is 30.2 Å². The van der Waals surface area contributed by atoms with E-state index in [0.717, 1.165) is 12.1 Å². The third-order valence-electron chi connectivity index (χ3n) is 3.45. The van der Waals surface area contributed by atoms with Gasteiger partial charge in [0.1, 0.15) is 5.65 Å². The van der Waals surface area contributed by atoms with Crippen LogP contribution in [0.25, 0.3) is 5.65 Å². The van der Waals surface area contributed by atoms with Crippen LogP contribution in [0.5, 0.6) is 0 Å². The van der Waals surface area contributed by atoms with E-state index in [1.165, 1.54) is 37.3 Å². The molecule has 4 nitrogen and oxygen atoms in total. The van der Waals surface area contributed by atoms with Crippen LogP contribution in [0.1, 0.15) is 18.5 Å². The van der Waals surface area contributed by atoms with Crippen LogP contribution in [0, 0.1) is 0 Å². The van der Waals surface area contributed by atoms with E-state index >= 15 is 0 Å². The Bertz CT molecular complexity index is 511. The summed E-state index contributed by atoms with van der Waals surface area (Å²) in [4.78, 5) is 6.88. The zero-order valence-corrected chi connectivity index (χ0v) is 9.97. The first kappa shape index (κ1) is 10.6. The van der Waals surface area contributed by atoms with Gasteiger partial charge in [-0.1, -0.05) is 0 Å². The summed E-state index contributed by atoms with van der Waals surface area (Å²) in [6.07, 6.45) is 7.53. The molecule has 0 aromatic carbocycles. The first-order valence-electron chi connectivity index (χ1n) is 6.29. The quantitative estimate of drug-likeness (QED) is 0.867. The fraction of sp³-hybridized carbons (Fsp3) is 0.462. The van der Waals surface area contributed by atoms with Gasteiger partial charge in [-0.05, 0) is 25.5 Å². The average molecular weight is 230 g/mol. The van der Waals surface area contributed by atoms with Crippen molar-refractivity contribution in [2.45, 2.75) is 19.3 Å². The molecule has 1 aliphatic heterocycles. The summed E-state index contributed by atoms with van der Waals surface area (Å²) in [5.41, 5.74) is 9.10. The normalized spacial score (nSPS) is 15.9. The summed E-state index contributed by atoms with van der Waals surface area (Å²) >= 11 is 0. The maximum Gasteiger partial charge on any atom is 0.138 e. The van der Waals surface area contributed by atoms with Crippen molar-refractivity contribution in [2.24, 2.45) is 5.73 Å². The average Bonchev–Trinajstić information content (AvgIpc) is 2.98. The van der Waals surface area contributed by atoms with Crippen LogP contribution in [0.15, 0.2) is 24.5 Å². The number of hydrogen-bond acceptors (Lipinski definition) is 3. The second kappa shape index (κ2) is 4.37. The monoisotopic (exact) mass is 230 g/mol. The van der Waals surface area contributed by atoms with Crippen molar-refractivity contribution >= 4 is 11.3 Å². The van der Waals surface area contributed by atoms with Crippen LogP contribution in [0.4, 0.5) is 5.69 Å². The molecule has 1 aliphatic rings. The SMILES string of the molecule is NCCc1cnc2cc(N3CCCC3)ccn12. The lowest BCUT2D eigenvalue weighted by Gasteiger charge is -2.17. The van der Waals surface area contributed by atoms with Crippen LogP contribution < -0.4 is 10.6 Å². The molecule has 0 atom stereocenters. The van der Waals surface area contributed by atoms with E-state index in [1.54, 1.807) is 0 Å². The molecule has 0 radical (unpaired) electrons. The molecule has 0 bridgehead atoms. The van der Waals surface area contributed by atoms with E-state index < -0.39 is 0 Å². The Balaban J connectivity index is 1.96. The number of aromatic nitrogens is 2. The highest BCUT2D eigenvalue weighted by Crippen LogP contribution is 2.21. The Labute approximate surface area is 101 Å². The van der Waals surface area contributed by atoms with E-state index in [0.29, 0.717) is 6.54 Å². The minimum absolute atomic E-state index is 0.668. The van der Waals surface area contributed by atoms with Gasteiger partial charge in [0.05, 0.1) is 0 Å². The number of hydrogen-bond donors (Lipinski definition) is 1. The summed E-state index contributed by atoms with van der Waals surface area (Å²) < 4.78 is 2.13. The van der Waals surface area contributed by atoms with Gasteiger partial charge in [0, 0.05) is 49.4 Å². The second-order valence-corrected chi connectivity index (χ2v) is 4.60. The van der Waals surface area contributed by atoms with Crippen molar-refractivity contribution < 1.29 is 0 Å². The minimum atomic E-state index is 0.668. The Morgan fingerprint density at radius 2 is 2.12 bits per heavy atom. The van der Waals surface area contributed by atoms with Gasteiger partial charge >= 0.3 is 0 Å². The molecule has 4 heteroatoms. The molecule has 1 fully saturated rings. The zero-order chi connectivity index (χ0) is 11.7.